The van der Waals surface area contributed by atoms with Gasteiger partial charge in [-0.2, -0.15) is 0 Å². The number of hydrogen-bond donors (Lipinski definition) is 1. The summed E-state index contributed by atoms with van der Waals surface area (Å²) in [4.78, 5) is 13.5. The molecule has 1 N–H and O–H groups in total. The third-order valence-electron chi connectivity index (χ3n) is 3.19. The van der Waals surface area contributed by atoms with Crippen LogP contribution in [-0.4, -0.2) is 40.4 Å². The molecular weight excluding hydrogens is 206 g/mol. The summed E-state index contributed by atoms with van der Waals surface area (Å²) in [5.74, 6) is 0.412. The lowest BCUT2D eigenvalue weighted by Crippen LogP contribution is -2.58. The summed E-state index contributed by atoms with van der Waals surface area (Å²) in [6, 6.07) is -0.0117. The van der Waals surface area contributed by atoms with E-state index >= 15 is 0 Å². The molecule has 4 heteroatoms. The summed E-state index contributed by atoms with van der Waals surface area (Å²) in [5.41, 5.74) is -0.457. The van der Waals surface area contributed by atoms with Gasteiger partial charge >= 0.3 is 6.09 Å². The van der Waals surface area contributed by atoms with Crippen molar-refractivity contribution in [1.29, 1.82) is 0 Å². The SMILES string of the molecule is CC(C)(C)OC(=O)N1CCC1C(O)C1CC1. The molecule has 0 aromatic rings. The molecule has 2 fully saturated rings. The average Bonchev–Trinajstić information content (AvgIpc) is 2.78. The largest absolute Gasteiger partial charge is 0.444 e. The molecule has 1 amide bonds. The summed E-state index contributed by atoms with van der Waals surface area (Å²) in [6.07, 6.45) is 2.46. The van der Waals surface area contributed by atoms with Crippen LogP contribution in [0.2, 0.25) is 0 Å². The molecule has 0 aromatic carbocycles. The molecule has 1 aliphatic heterocycles. The highest BCUT2D eigenvalue weighted by Gasteiger charge is 2.45. The Balaban J connectivity index is 1.87. The van der Waals surface area contributed by atoms with Crippen LogP contribution in [0.5, 0.6) is 0 Å². The van der Waals surface area contributed by atoms with Crippen molar-refractivity contribution >= 4 is 6.09 Å². The number of carbonyl (C=O) groups is 1. The minimum atomic E-state index is -0.457. The Morgan fingerprint density at radius 2 is 2.00 bits per heavy atom. The highest BCUT2D eigenvalue weighted by Crippen LogP contribution is 2.38. The zero-order chi connectivity index (χ0) is 11.9. The first-order chi connectivity index (χ1) is 7.38. The molecule has 92 valence electrons. The second kappa shape index (κ2) is 3.91. The van der Waals surface area contributed by atoms with Crippen LogP contribution >= 0.6 is 0 Å². The Bertz CT molecular complexity index is 280. The van der Waals surface area contributed by atoms with Gasteiger partial charge in [0.1, 0.15) is 5.60 Å². The van der Waals surface area contributed by atoms with E-state index in [-0.39, 0.29) is 18.2 Å². The summed E-state index contributed by atoms with van der Waals surface area (Å²) in [6.45, 7) is 6.29. The van der Waals surface area contributed by atoms with Crippen LogP contribution in [0, 0.1) is 5.92 Å². The predicted molar refractivity (Wildman–Crippen MR) is 60.1 cm³/mol. The van der Waals surface area contributed by atoms with Crippen molar-refractivity contribution in [2.24, 2.45) is 5.92 Å². The molecule has 2 unspecified atom stereocenters. The van der Waals surface area contributed by atoms with Gasteiger partial charge in [-0.15, -0.1) is 0 Å². The molecule has 16 heavy (non-hydrogen) atoms. The van der Waals surface area contributed by atoms with Gasteiger partial charge in [-0.1, -0.05) is 0 Å². The summed E-state index contributed by atoms with van der Waals surface area (Å²) in [7, 11) is 0. The van der Waals surface area contributed by atoms with E-state index in [1.54, 1.807) is 4.90 Å². The van der Waals surface area contributed by atoms with Crippen molar-refractivity contribution in [3.63, 3.8) is 0 Å². The van der Waals surface area contributed by atoms with Crippen LogP contribution < -0.4 is 0 Å². The molecule has 2 rings (SSSR count). The maximum absolute atomic E-state index is 11.8. The van der Waals surface area contributed by atoms with Crippen molar-refractivity contribution in [1.82, 2.24) is 4.90 Å². The van der Waals surface area contributed by atoms with E-state index in [1.807, 2.05) is 20.8 Å². The smallest absolute Gasteiger partial charge is 0.410 e. The second-order valence-corrected chi connectivity index (χ2v) is 5.86. The molecule has 0 bridgehead atoms. The quantitative estimate of drug-likeness (QED) is 0.782. The maximum Gasteiger partial charge on any atom is 0.410 e. The van der Waals surface area contributed by atoms with Crippen LogP contribution in [0.25, 0.3) is 0 Å². The van der Waals surface area contributed by atoms with Crippen LogP contribution in [0.3, 0.4) is 0 Å². The molecular formula is C12H21NO3. The van der Waals surface area contributed by atoms with Gasteiger partial charge in [-0.3, -0.25) is 0 Å². The Hall–Kier alpha value is -0.770. The third-order valence-corrected chi connectivity index (χ3v) is 3.19. The number of ether oxygens (including phenoxy) is 1. The highest BCUT2D eigenvalue weighted by molar-refractivity contribution is 5.69. The van der Waals surface area contributed by atoms with Crippen molar-refractivity contribution in [2.45, 2.75) is 57.8 Å². The van der Waals surface area contributed by atoms with E-state index in [1.165, 1.54) is 0 Å². The summed E-state index contributed by atoms with van der Waals surface area (Å²) >= 11 is 0. The Morgan fingerprint density at radius 3 is 2.38 bits per heavy atom. The van der Waals surface area contributed by atoms with Gasteiger partial charge < -0.3 is 14.7 Å². The lowest BCUT2D eigenvalue weighted by Gasteiger charge is -2.43. The van der Waals surface area contributed by atoms with E-state index in [0.717, 1.165) is 19.3 Å². The lowest BCUT2D eigenvalue weighted by molar-refractivity contribution is -0.0454. The van der Waals surface area contributed by atoms with Gasteiger partial charge in [0.25, 0.3) is 0 Å². The van der Waals surface area contributed by atoms with Crippen molar-refractivity contribution in [3.8, 4) is 0 Å². The molecule has 0 radical (unpaired) electrons. The fraction of sp³-hybridized carbons (Fsp3) is 0.917. The monoisotopic (exact) mass is 227 g/mol. The van der Waals surface area contributed by atoms with Gasteiger partial charge in [0, 0.05) is 6.54 Å². The lowest BCUT2D eigenvalue weighted by atomic mass is 9.95. The molecule has 1 saturated heterocycles. The third kappa shape index (κ3) is 2.48. The van der Waals surface area contributed by atoms with Crippen LogP contribution in [0.15, 0.2) is 0 Å². The van der Waals surface area contributed by atoms with Crippen LogP contribution in [0.4, 0.5) is 4.79 Å². The maximum atomic E-state index is 11.8. The van der Waals surface area contributed by atoms with Gasteiger partial charge in [0.15, 0.2) is 0 Å². The molecule has 0 aromatic heterocycles. The van der Waals surface area contributed by atoms with E-state index < -0.39 is 5.60 Å². The molecule has 0 spiro atoms. The Kier molecular flexibility index (Phi) is 2.86. The van der Waals surface area contributed by atoms with E-state index in [9.17, 15) is 9.90 Å². The number of nitrogens with zero attached hydrogens (tertiary/aromatic N) is 1. The number of amides is 1. The first-order valence-electron chi connectivity index (χ1n) is 6.06. The number of carbonyl (C=O) groups excluding carboxylic acids is 1. The number of hydrogen-bond acceptors (Lipinski definition) is 3. The zero-order valence-electron chi connectivity index (χ0n) is 10.3. The summed E-state index contributed by atoms with van der Waals surface area (Å²) < 4.78 is 5.30. The van der Waals surface area contributed by atoms with Gasteiger partial charge in [0.2, 0.25) is 0 Å². The van der Waals surface area contributed by atoms with Gasteiger partial charge in [-0.05, 0) is 46.0 Å². The molecule has 1 heterocycles. The number of likely N-dealkylation sites (tertiary alicyclic amines) is 1. The molecule has 2 atom stereocenters. The number of rotatable bonds is 2. The predicted octanol–water partition coefficient (Wildman–Crippen LogP) is 1.77. The van der Waals surface area contributed by atoms with Crippen molar-refractivity contribution in [2.75, 3.05) is 6.54 Å². The molecule has 4 nitrogen and oxygen atoms in total. The van der Waals surface area contributed by atoms with E-state index in [2.05, 4.69) is 0 Å². The minimum absolute atomic E-state index is 0.0117. The molecule has 2 aliphatic rings. The van der Waals surface area contributed by atoms with Crippen LogP contribution in [-0.2, 0) is 4.74 Å². The first kappa shape index (κ1) is 11.7. The standard InChI is InChI=1S/C12H21NO3/c1-12(2,3)16-11(15)13-7-6-9(13)10(14)8-4-5-8/h8-10,14H,4-7H2,1-3H3. The Labute approximate surface area is 96.6 Å². The fourth-order valence-corrected chi connectivity index (χ4v) is 2.06. The number of aliphatic hydroxyl groups excluding tert-OH is 1. The first-order valence-corrected chi connectivity index (χ1v) is 6.06. The normalized spacial score (nSPS) is 27.2. The van der Waals surface area contributed by atoms with Crippen LogP contribution in [0.1, 0.15) is 40.0 Å². The van der Waals surface area contributed by atoms with Crippen molar-refractivity contribution < 1.29 is 14.6 Å². The zero-order valence-corrected chi connectivity index (χ0v) is 10.3. The molecule has 1 saturated carbocycles. The summed E-state index contributed by atoms with van der Waals surface area (Å²) in [5, 5.41) is 9.98. The topological polar surface area (TPSA) is 49.8 Å². The number of aliphatic hydroxyl groups is 1. The Morgan fingerprint density at radius 1 is 1.38 bits per heavy atom. The van der Waals surface area contributed by atoms with Gasteiger partial charge in [0.05, 0.1) is 12.1 Å². The second-order valence-electron chi connectivity index (χ2n) is 5.86. The highest BCUT2D eigenvalue weighted by atomic mass is 16.6. The van der Waals surface area contributed by atoms with E-state index in [0.29, 0.717) is 12.5 Å². The van der Waals surface area contributed by atoms with Gasteiger partial charge in [-0.25, -0.2) is 4.79 Å². The average molecular weight is 227 g/mol. The minimum Gasteiger partial charge on any atom is -0.444 e. The molecule has 1 aliphatic carbocycles. The van der Waals surface area contributed by atoms with Crippen molar-refractivity contribution in [3.05, 3.63) is 0 Å². The fourth-order valence-electron chi connectivity index (χ4n) is 2.06. The van der Waals surface area contributed by atoms with E-state index in [4.69, 9.17) is 4.74 Å².